The lowest BCUT2D eigenvalue weighted by Crippen LogP contribution is -2.15. The molecule has 240 valence electrons. The van der Waals surface area contributed by atoms with E-state index in [0.29, 0.717) is 0 Å². The molecule has 1 aliphatic carbocycles. The first kappa shape index (κ1) is 28.3. The molecule has 4 heteroatoms. The van der Waals surface area contributed by atoms with Crippen LogP contribution in [0.1, 0.15) is 25.0 Å². The number of para-hydroxylation sites is 2. The molecule has 4 aromatic heterocycles. The molecule has 10 aromatic rings. The smallest absolute Gasteiger partial charge is 0.147 e. The third kappa shape index (κ3) is 4.08. The largest absolute Gasteiger partial charge is 0.456 e. The first-order valence-corrected chi connectivity index (χ1v) is 17.4. The minimum absolute atomic E-state index is 0.131. The van der Waals surface area contributed by atoms with E-state index in [0.717, 1.165) is 71.6 Å². The average Bonchev–Trinajstić information content (AvgIpc) is 3.82. The Labute approximate surface area is 293 Å². The fraction of sp³-hybridized carbons (Fsp3) is 0.0638. The van der Waals surface area contributed by atoms with Crippen molar-refractivity contribution in [3.63, 3.8) is 0 Å². The van der Waals surface area contributed by atoms with Crippen LogP contribution >= 0.6 is 0 Å². The second-order valence-electron chi connectivity index (χ2n) is 14.2. The van der Waals surface area contributed by atoms with Gasteiger partial charge in [0, 0.05) is 44.9 Å². The van der Waals surface area contributed by atoms with Crippen molar-refractivity contribution < 1.29 is 8.83 Å². The zero-order chi connectivity index (χ0) is 33.8. The van der Waals surface area contributed by atoms with Crippen LogP contribution in [-0.4, -0.2) is 9.97 Å². The molecule has 0 spiro atoms. The van der Waals surface area contributed by atoms with Gasteiger partial charge in [-0.15, -0.1) is 0 Å². The number of nitrogens with zero attached hydrogens (tertiary/aromatic N) is 2. The van der Waals surface area contributed by atoms with Crippen molar-refractivity contribution in [1.82, 2.24) is 9.97 Å². The van der Waals surface area contributed by atoms with Gasteiger partial charge in [0.15, 0.2) is 0 Å². The summed E-state index contributed by atoms with van der Waals surface area (Å²) in [4.78, 5) is 9.69. The summed E-state index contributed by atoms with van der Waals surface area (Å²) in [5, 5.41) is 5.16. The number of pyridine rings is 2. The van der Waals surface area contributed by atoms with E-state index >= 15 is 0 Å². The molecule has 0 saturated heterocycles. The molecule has 0 radical (unpaired) electrons. The Morgan fingerprint density at radius 1 is 0.490 bits per heavy atom. The summed E-state index contributed by atoms with van der Waals surface area (Å²) < 4.78 is 12.8. The van der Waals surface area contributed by atoms with E-state index < -0.39 is 0 Å². The quantitative estimate of drug-likeness (QED) is 0.190. The molecule has 11 rings (SSSR count). The Morgan fingerprint density at radius 3 is 1.86 bits per heavy atom. The number of hydrogen-bond acceptors (Lipinski definition) is 4. The van der Waals surface area contributed by atoms with E-state index in [9.17, 15) is 0 Å². The highest BCUT2D eigenvalue weighted by atomic mass is 16.3. The Hall–Kier alpha value is -6.52. The number of fused-ring (bicyclic) bond motifs is 11. The fourth-order valence-corrected chi connectivity index (χ4v) is 8.34. The van der Waals surface area contributed by atoms with Gasteiger partial charge in [-0.3, -0.25) is 4.98 Å². The zero-order valence-electron chi connectivity index (χ0n) is 28.1. The normalized spacial score (nSPS) is 13.5. The van der Waals surface area contributed by atoms with Crippen LogP contribution in [0.5, 0.6) is 0 Å². The predicted molar refractivity (Wildman–Crippen MR) is 208 cm³/mol. The molecule has 1 aliphatic rings. The molecule has 0 N–H and O–H groups in total. The second-order valence-corrected chi connectivity index (χ2v) is 14.2. The molecular weight excluding hydrogens is 625 g/mol. The van der Waals surface area contributed by atoms with E-state index in [2.05, 4.69) is 116 Å². The van der Waals surface area contributed by atoms with E-state index in [1.165, 1.54) is 38.9 Å². The topological polar surface area (TPSA) is 52.1 Å². The summed E-state index contributed by atoms with van der Waals surface area (Å²) >= 11 is 0. The van der Waals surface area contributed by atoms with Gasteiger partial charge in [0.1, 0.15) is 22.3 Å². The van der Waals surface area contributed by atoms with Gasteiger partial charge in [-0.1, -0.05) is 105 Å². The molecule has 4 heterocycles. The van der Waals surface area contributed by atoms with Gasteiger partial charge in [0.2, 0.25) is 0 Å². The Bertz CT molecular complexity index is 3040. The van der Waals surface area contributed by atoms with Crippen LogP contribution in [0.15, 0.2) is 155 Å². The maximum Gasteiger partial charge on any atom is 0.147 e. The maximum atomic E-state index is 6.58. The van der Waals surface area contributed by atoms with E-state index in [1.807, 2.05) is 48.8 Å². The molecule has 0 bridgehead atoms. The molecule has 0 atom stereocenters. The molecule has 0 saturated carbocycles. The number of rotatable bonds is 3. The van der Waals surface area contributed by atoms with Crippen LogP contribution in [-0.2, 0) is 5.41 Å². The van der Waals surface area contributed by atoms with E-state index in [-0.39, 0.29) is 5.41 Å². The monoisotopic (exact) mass is 654 g/mol. The zero-order valence-corrected chi connectivity index (χ0v) is 28.1. The highest BCUT2D eigenvalue weighted by Gasteiger charge is 2.36. The highest BCUT2D eigenvalue weighted by molar-refractivity contribution is 6.21. The highest BCUT2D eigenvalue weighted by Crippen LogP contribution is 2.51. The summed E-state index contributed by atoms with van der Waals surface area (Å²) in [6.45, 7) is 4.67. The molecule has 51 heavy (non-hydrogen) atoms. The van der Waals surface area contributed by atoms with Gasteiger partial charge in [-0.2, -0.15) is 0 Å². The third-order valence-corrected chi connectivity index (χ3v) is 11.0. The molecule has 0 fully saturated rings. The number of benzene rings is 6. The summed E-state index contributed by atoms with van der Waals surface area (Å²) in [6.07, 6.45) is 3.76. The maximum absolute atomic E-state index is 6.58. The van der Waals surface area contributed by atoms with Gasteiger partial charge in [0.25, 0.3) is 0 Å². The van der Waals surface area contributed by atoms with Crippen LogP contribution in [0, 0.1) is 0 Å². The molecule has 0 unspecified atom stereocenters. The second kappa shape index (κ2) is 10.3. The van der Waals surface area contributed by atoms with Crippen LogP contribution in [0.4, 0.5) is 0 Å². The van der Waals surface area contributed by atoms with Gasteiger partial charge in [-0.05, 0) is 87.0 Å². The van der Waals surface area contributed by atoms with Gasteiger partial charge < -0.3 is 8.83 Å². The summed E-state index contributed by atoms with van der Waals surface area (Å²) in [6, 6.07) is 47.3. The number of aromatic nitrogens is 2. The van der Waals surface area contributed by atoms with Crippen molar-refractivity contribution in [2.24, 2.45) is 0 Å². The average molecular weight is 655 g/mol. The lowest BCUT2D eigenvalue weighted by atomic mass is 9.81. The first-order valence-electron chi connectivity index (χ1n) is 17.4. The number of furan rings is 2. The van der Waals surface area contributed by atoms with Crippen molar-refractivity contribution in [1.29, 1.82) is 0 Å². The minimum Gasteiger partial charge on any atom is -0.456 e. The summed E-state index contributed by atoms with van der Waals surface area (Å²) in [5.74, 6) is 0. The third-order valence-electron chi connectivity index (χ3n) is 11.0. The van der Waals surface area contributed by atoms with Crippen molar-refractivity contribution in [3.05, 3.63) is 157 Å². The molecule has 4 nitrogen and oxygen atoms in total. The minimum atomic E-state index is -0.131. The van der Waals surface area contributed by atoms with E-state index in [1.54, 1.807) is 0 Å². The molecular formula is C47H30N2O2. The summed E-state index contributed by atoms with van der Waals surface area (Å²) in [7, 11) is 0. The summed E-state index contributed by atoms with van der Waals surface area (Å²) in [5.41, 5.74) is 16.1. The van der Waals surface area contributed by atoms with Crippen LogP contribution in [0.2, 0.25) is 0 Å². The number of hydrogen-bond donors (Lipinski definition) is 0. The SMILES string of the molecule is CC1(C)c2cc(-c3ccc(-c4nc5cc6c(cc5c5oc7ccccc7c45)oc4ccccc46)cc3)ccc2-c2ccc(-c3cccnc3)cc21. The fourth-order valence-electron chi connectivity index (χ4n) is 8.34. The lowest BCUT2D eigenvalue weighted by Gasteiger charge is -2.22. The van der Waals surface area contributed by atoms with Crippen molar-refractivity contribution in [2.45, 2.75) is 19.3 Å². The Balaban J connectivity index is 1.03. The van der Waals surface area contributed by atoms with Crippen molar-refractivity contribution >= 4 is 54.8 Å². The Kier molecular flexibility index (Phi) is 5.70. The Morgan fingerprint density at radius 2 is 1.14 bits per heavy atom. The van der Waals surface area contributed by atoms with Gasteiger partial charge >= 0.3 is 0 Å². The first-order chi connectivity index (χ1) is 25.0. The molecule has 6 aromatic carbocycles. The van der Waals surface area contributed by atoms with Crippen LogP contribution in [0.25, 0.3) is 99.4 Å². The predicted octanol–water partition coefficient (Wildman–Crippen LogP) is 12.7. The van der Waals surface area contributed by atoms with E-state index in [4.69, 9.17) is 13.8 Å². The van der Waals surface area contributed by atoms with Crippen LogP contribution in [0.3, 0.4) is 0 Å². The lowest BCUT2D eigenvalue weighted by molar-refractivity contribution is 0.661. The van der Waals surface area contributed by atoms with Crippen molar-refractivity contribution in [2.75, 3.05) is 0 Å². The molecule has 0 amide bonds. The van der Waals surface area contributed by atoms with Gasteiger partial charge in [-0.25, -0.2) is 4.98 Å². The molecule has 0 aliphatic heterocycles. The van der Waals surface area contributed by atoms with Gasteiger partial charge in [0.05, 0.1) is 16.6 Å². The standard InChI is InChI=1S/C47H30N2O2/c1-47(2)38-22-29(17-19-32(38)33-20-18-30(23-39(33)47)31-8-7-21-48-26-31)27-13-15-28(16-14-27)45-44-35-10-4-6-12-42(35)51-46(44)37-25-43-36(24-40(37)49-45)34-9-3-5-11-41(34)50-43/h3-26H,1-2H3. The van der Waals surface area contributed by atoms with Crippen molar-refractivity contribution in [3.8, 4) is 44.6 Å². The van der Waals surface area contributed by atoms with Crippen LogP contribution < -0.4 is 0 Å².